The van der Waals surface area contributed by atoms with Gasteiger partial charge in [-0.25, -0.2) is 4.98 Å². The molecule has 0 aliphatic rings. The van der Waals surface area contributed by atoms with Crippen LogP contribution < -0.4 is 11.1 Å². The molecule has 0 saturated carbocycles. The predicted molar refractivity (Wildman–Crippen MR) is 70.8 cm³/mol. The number of rotatable bonds is 3. The summed E-state index contributed by atoms with van der Waals surface area (Å²) in [6, 6.07) is 3.57. The first-order chi connectivity index (χ1) is 8.24. The van der Waals surface area contributed by atoms with Crippen molar-refractivity contribution < 1.29 is 5.11 Å². The Bertz CT molecular complexity index is 471. The van der Waals surface area contributed by atoms with Crippen LogP contribution in [0.25, 0.3) is 0 Å². The molecule has 0 aliphatic heterocycles. The first kappa shape index (κ1) is 14.4. The van der Waals surface area contributed by atoms with E-state index in [9.17, 15) is 5.11 Å². The molecule has 0 aromatic carbocycles. The van der Waals surface area contributed by atoms with Crippen LogP contribution in [0.5, 0.6) is 0 Å². The van der Waals surface area contributed by atoms with Crippen molar-refractivity contribution in [2.24, 2.45) is 0 Å². The Morgan fingerprint density at radius 2 is 2.17 bits per heavy atom. The van der Waals surface area contributed by atoms with Gasteiger partial charge in [0.05, 0.1) is 11.7 Å². The lowest BCUT2D eigenvalue weighted by atomic mass is 10.0. The first-order valence-electron chi connectivity index (χ1n) is 5.85. The van der Waals surface area contributed by atoms with Crippen LogP contribution in [0.15, 0.2) is 6.07 Å². The van der Waals surface area contributed by atoms with E-state index in [0.717, 1.165) is 0 Å². The quantitative estimate of drug-likeness (QED) is 0.748. The van der Waals surface area contributed by atoms with Gasteiger partial charge in [0, 0.05) is 23.3 Å². The molecular weight excluding hydrogens is 228 g/mol. The van der Waals surface area contributed by atoms with Crippen molar-refractivity contribution in [3.05, 3.63) is 22.9 Å². The van der Waals surface area contributed by atoms with Gasteiger partial charge in [-0.1, -0.05) is 0 Å². The Balaban J connectivity index is 2.93. The number of nitriles is 1. The fraction of sp³-hybridized carbons (Fsp3) is 0.538. The Labute approximate surface area is 108 Å². The average molecular weight is 248 g/mol. The molecule has 0 unspecified atom stereocenters. The number of anilines is 1. The van der Waals surface area contributed by atoms with Crippen molar-refractivity contribution in [2.45, 2.75) is 39.3 Å². The summed E-state index contributed by atoms with van der Waals surface area (Å²) in [7, 11) is 0. The van der Waals surface area contributed by atoms with Gasteiger partial charge in [0.25, 0.3) is 0 Å². The molecule has 0 saturated heterocycles. The summed E-state index contributed by atoms with van der Waals surface area (Å²) in [5.41, 5.74) is 7.12. The van der Waals surface area contributed by atoms with E-state index in [1.807, 2.05) is 26.8 Å². The molecule has 1 rings (SSSR count). The molecule has 4 N–H and O–H groups in total. The van der Waals surface area contributed by atoms with Gasteiger partial charge in [-0.15, -0.1) is 0 Å². The van der Waals surface area contributed by atoms with Crippen molar-refractivity contribution in [3.8, 4) is 6.07 Å². The lowest BCUT2D eigenvalue weighted by molar-refractivity contribution is 0.162. The highest BCUT2D eigenvalue weighted by Gasteiger charge is 2.17. The summed E-state index contributed by atoms with van der Waals surface area (Å²) < 4.78 is 0. The second-order valence-electron chi connectivity index (χ2n) is 5.35. The largest absolute Gasteiger partial charge is 0.387 e. The molecule has 0 amide bonds. The highest BCUT2D eigenvalue weighted by Crippen LogP contribution is 2.20. The van der Waals surface area contributed by atoms with Crippen LogP contribution in [0.2, 0.25) is 0 Å². The Kier molecular flexibility index (Phi) is 4.28. The standard InChI is InChI=1S/C13H20N4O/c1-8-10(5-9(6-14)12(15)17-8)11(18)7-16-13(2,3)4/h5,11,16,18H,7H2,1-4H3,(H2,15,17)/t11-/m1/s1. The fourth-order valence-electron chi connectivity index (χ4n) is 1.58. The monoisotopic (exact) mass is 248 g/mol. The van der Waals surface area contributed by atoms with Crippen LogP contribution in [-0.4, -0.2) is 22.2 Å². The van der Waals surface area contributed by atoms with E-state index in [-0.39, 0.29) is 11.4 Å². The third-order valence-corrected chi connectivity index (χ3v) is 2.59. The second-order valence-corrected chi connectivity index (χ2v) is 5.35. The number of pyridine rings is 1. The predicted octanol–water partition coefficient (Wildman–Crippen LogP) is 1.27. The minimum atomic E-state index is -0.704. The van der Waals surface area contributed by atoms with E-state index in [2.05, 4.69) is 10.3 Å². The molecule has 0 bridgehead atoms. The zero-order chi connectivity index (χ0) is 13.9. The molecule has 0 aliphatic carbocycles. The second kappa shape index (κ2) is 5.34. The molecule has 0 fully saturated rings. The summed E-state index contributed by atoms with van der Waals surface area (Å²) in [5, 5.41) is 22.2. The molecule has 18 heavy (non-hydrogen) atoms. The average Bonchev–Trinajstić information content (AvgIpc) is 2.25. The molecule has 1 aromatic rings. The highest BCUT2D eigenvalue weighted by atomic mass is 16.3. The van der Waals surface area contributed by atoms with Gasteiger partial charge < -0.3 is 16.2 Å². The van der Waals surface area contributed by atoms with E-state index in [4.69, 9.17) is 11.0 Å². The SMILES string of the molecule is Cc1nc(N)c(C#N)cc1[C@H](O)CNC(C)(C)C. The minimum absolute atomic E-state index is 0.0752. The fourth-order valence-corrected chi connectivity index (χ4v) is 1.58. The number of hydrogen-bond acceptors (Lipinski definition) is 5. The number of aromatic nitrogens is 1. The number of β-amino-alcohol motifs (C(OH)–C–C–N with tert-alkyl or cyclic N) is 1. The summed E-state index contributed by atoms with van der Waals surface area (Å²) in [5.74, 6) is 0.203. The molecule has 1 aromatic heterocycles. The summed E-state index contributed by atoms with van der Waals surface area (Å²) >= 11 is 0. The summed E-state index contributed by atoms with van der Waals surface area (Å²) in [4.78, 5) is 4.08. The molecule has 0 radical (unpaired) electrons. The minimum Gasteiger partial charge on any atom is -0.387 e. The number of nitrogen functional groups attached to an aromatic ring is 1. The maximum Gasteiger partial charge on any atom is 0.141 e. The number of hydrogen-bond donors (Lipinski definition) is 3. The topological polar surface area (TPSA) is 95.0 Å². The van der Waals surface area contributed by atoms with E-state index >= 15 is 0 Å². The van der Waals surface area contributed by atoms with Crippen LogP contribution in [0.4, 0.5) is 5.82 Å². The third-order valence-electron chi connectivity index (χ3n) is 2.59. The Morgan fingerprint density at radius 3 is 2.67 bits per heavy atom. The van der Waals surface area contributed by atoms with Gasteiger partial charge in [-0.2, -0.15) is 5.26 Å². The number of aliphatic hydroxyl groups excluding tert-OH is 1. The zero-order valence-electron chi connectivity index (χ0n) is 11.3. The Morgan fingerprint density at radius 1 is 1.56 bits per heavy atom. The van der Waals surface area contributed by atoms with Crippen molar-refractivity contribution in [1.29, 1.82) is 5.26 Å². The zero-order valence-corrected chi connectivity index (χ0v) is 11.3. The highest BCUT2D eigenvalue weighted by molar-refractivity contribution is 5.51. The Hall–Kier alpha value is -1.64. The lowest BCUT2D eigenvalue weighted by Crippen LogP contribution is -2.38. The molecular formula is C13H20N4O. The smallest absolute Gasteiger partial charge is 0.141 e. The van der Waals surface area contributed by atoms with E-state index < -0.39 is 6.10 Å². The molecule has 1 heterocycles. The molecule has 0 spiro atoms. The number of aliphatic hydroxyl groups is 1. The lowest BCUT2D eigenvalue weighted by Gasteiger charge is -2.23. The van der Waals surface area contributed by atoms with E-state index in [1.54, 1.807) is 13.0 Å². The van der Waals surface area contributed by atoms with Crippen molar-refractivity contribution in [3.63, 3.8) is 0 Å². The van der Waals surface area contributed by atoms with E-state index in [1.165, 1.54) is 0 Å². The normalized spacial score (nSPS) is 13.1. The number of aryl methyl sites for hydroxylation is 1. The molecule has 5 heteroatoms. The maximum atomic E-state index is 10.1. The van der Waals surface area contributed by atoms with Crippen molar-refractivity contribution in [2.75, 3.05) is 12.3 Å². The van der Waals surface area contributed by atoms with Crippen molar-refractivity contribution in [1.82, 2.24) is 10.3 Å². The van der Waals surface area contributed by atoms with Gasteiger partial charge in [0.1, 0.15) is 11.9 Å². The first-order valence-corrected chi connectivity index (χ1v) is 5.85. The molecule has 1 atom stereocenters. The van der Waals surface area contributed by atoms with Gasteiger partial charge >= 0.3 is 0 Å². The summed E-state index contributed by atoms with van der Waals surface area (Å²) in [6.07, 6.45) is -0.704. The number of nitrogens with two attached hydrogens (primary N) is 1. The number of nitrogens with one attached hydrogen (secondary N) is 1. The van der Waals surface area contributed by atoms with E-state index in [0.29, 0.717) is 23.4 Å². The molecule has 98 valence electrons. The van der Waals surface area contributed by atoms with Crippen LogP contribution in [-0.2, 0) is 0 Å². The third kappa shape index (κ3) is 3.69. The molecule has 5 nitrogen and oxygen atoms in total. The van der Waals surface area contributed by atoms with Crippen LogP contribution >= 0.6 is 0 Å². The van der Waals surface area contributed by atoms with Gasteiger partial charge in [-0.05, 0) is 33.8 Å². The maximum absolute atomic E-state index is 10.1. The van der Waals surface area contributed by atoms with Gasteiger partial charge in [0.15, 0.2) is 0 Å². The van der Waals surface area contributed by atoms with Gasteiger partial charge in [0.2, 0.25) is 0 Å². The number of nitrogens with zero attached hydrogens (tertiary/aromatic N) is 2. The summed E-state index contributed by atoms with van der Waals surface area (Å²) in [6.45, 7) is 8.24. The van der Waals surface area contributed by atoms with Crippen molar-refractivity contribution >= 4 is 5.82 Å². The van der Waals surface area contributed by atoms with Crippen LogP contribution in [0.1, 0.15) is 43.7 Å². The van der Waals surface area contributed by atoms with Crippen LogP contribution in [0, 0.1) is 18.3 Å². The van der Waals surface area contributed by atoms with Crippen LogP contribution in [0.3, 0.4) is 0 Å². The van der Waals surface area contributed by atoms with Gasteiger partial charge in [-0.3, -0.25) is 0 Å².